The topological polar surface area (TPSA) is 49.4 Å². The molecule has 0 radical (unpaired) electrons. The van der Waals surface area contributed by atoms with Crippen LogP contribution in [0.5, 0.6) is 0 Å². The molecule has 1 aliphatic heterocycles. The average Bonchev–Trinajstić information content (AvgIpc) is 2.84. The number of nitrogens with zero attached hydrogens (tertiary/aromatic N) is 1. The number of benzene rings is 1. The van der Waals surface area contributed by atoms with Crippen LogP contribution >= 0.6 is 0 Å². The second-order valence-corrected chi connectivity index (χ2v) is 6.62. The number of amides is 2. The minimum atomic E-state index is -0.254. The van der Waals surface area contributed by atoms with Gasteiger partial charge in [-0.05, 0) is 36.5 Å². The van der Waals surface area contributed by atoms with E-state index < -0.39 is 0 Å². The maximum atomic E-state index is 12.9. The van der Waals surface area contributed by atoms with Crippen LogP contribution in [0.3, 0.4) is 0 Å². The summed E-state index contributed by atoms with van der Waals surface area (Å²) in [5, 5.41) is 2.95. The summed E-state index contributed by atoms with van der Waals surface area (Å²) in [4.78, 5) is 25.6. The average molecular weight is 320 g/mol. The third kappa shape index (κ3) is 5.66. The summed E-state index contributed by atoms with van der Waals surface area (Å²) in [5.74, 6) is 0.339. The van der Waals surface area contributed by atoms with Gasteiger partial charge in [0.05, 0.1) is 6.04 Å². The quantitative estimate of drug-likeness (QED) is 0.839. The lowest BCUT2D eigenvalue weighted by Gasteiger charge is -2.17. The molecule has 0 saturated carbocycles. The molecular formula is C18H25FN2O2. The lowest BCUT2D eigenvalue weighted by atomic mass is 10.1. The molecule has 0 unspecified atom stereocenters. The normalized spacial score (nSPS) is 17.8. The Balaban J connectivity index is 1.76. The highest BCUT2D eigenvalue weighted by Gasteiger charge is 2.30. The fraction of sp³-hybridized carbons (Fsp3) is 0.556. The van der Waals surface area contributed by atoms with Gasteiger partial charge in [-0.25, -0.2) is 4.39 Å². The predicted molar refractivity (Wildman–Crippen MR) is 87.3 cm³/mol. The van der Waals surface area contributed by atoms with Gasteiger partial charge in [-0.2, -0.15) is 0 Å². The number of carbonyl (C=O) groups excluding carboxylic acids is 2. The fourth-order valence-corrected chi connectivity index (χ4v) is 2.72. The van der Waals surface area contributed by atoms with Crippen LogP contribution in [0.4, 0.5) is 4.39 Å². The van der Waals surface area contributed by atoms with E-state index in [1.807, 2.05) is 0 Å². The van der Waals surface area contributed by atoms with Crippen molar-refractivity contribution in [3.8, 4) is 0 Å². The molecule has 2 amide bonds. The second-order valence-electron chi connectivity index (χ2n) is 6.62. The molecule has 0 bridgehead atoms. The van der Waals surface area contributed by atoms with E-state index in [1.165, 1.54) is 12.1 Å². The number of rotatable bonds is 7. The molecule has 4 nitrogen and oxygen atoms in total. The molecule has 0 spiro atoms. The molecule has 23 heavy (non-hydrogen) atoms. The summed E-state index contributed by atoms with van der Waals surface area (Å²) in [6.45, 7) is 5.34. The molecular weight excluding hydrogens is 295 g/mol. The molecule has 1 atom stereocenters. The Labute approximate surface area is 137 Å². The smallest absolute Gasteiger partial charge is 0.224 e. The zero-order valence-electron chi connectivity index (χ0n) is 13.8. The summed E-state index contributed by atoms with van der Waals surface area (Å²) in [6, 6.07) is 6.25. The largest absolute Gasteiger partial charge is 0.351 e. The first-order valence-corrected chi connectivity index (χ1v) is 8.25. The van der Waals surface area contributed by atoms with Gasteiger partial charge in [0.2, 0.25) is 11.8 Å². The Kier molecular flexibility index (Phi) is 6.13. The van der Waals surface area contributed by atoms with Gasteiger partial charge in [0.1, 0.15) is 5.82 Å². The monoisotopic (exact) mass is 320 g/mol. The third-order valence-electron chi connectivity index (χ3n) is 4.11. The van der Waals surface area contributed by atoms with Crippen molar-refractivity contribution in [3.05, 3.63) is 35.6 Å². The SMILES string of the molecule is CC(C)CCC(=O)N[C@@H]1CC(=O)N(CCc2ccc(F)cc2)C1. The van der Waals surface area contributed by atoms with E-state index in [0.717, 1.165) is 12.0 Å². The Bertz CT molecular complexity index is 542. The molecule has 1 aromatic carbocycles. The molecule has 1 heterocycles. The van der Waals surface area contributed by atoms with E-state index in [1.54, 1.807) is 17.0 Å². The zero-order valence-corrected chi connectivity index (χ0v) is 13.8. The van der Waals surface area contributed by atoms with Gasteiger partial charge in [-0.3, -0.25) is 9.59 Å². The van der Waals surface area contributed by atoms with Crippen LogP contribution in [0.2, 0.25) is 0 Å². The van der Waals surface area contributed by atoms with E-state index >= 15 is 0 Å². The van der Waals surface area contributed by atoms with Crippen LogP contribution in [-0.4, -0.2) is 35.8 Å². The minimum absolute atomic E-state index is 0.0249. The fourth-order valence-electron chi connectivity index (χ4n) is 2.72. The third-order valence-corrected chi connectivity index (χ3v) is 4.11. The summed E-state index contributed by atoms with van der Waals surface area (Å²) in [5.41, 5.74) is 1.00. The molecule has 0 aliphatic carbocycles. The Morgan fingerprint density at radius 3 is 2.70 bits per heavy atom. The highest BCUT2D eigenvalue weighted by molar-refractivity contribution is 5.82. The number of hydrogen-bond acceptors (Lipinski definition) is 2. The van der Waals surface area contributed by atoms with Gasteiger partial charge in [0, 0.05) is 25.9 Å². The summed E-state index contributed by atoms with van der Waals surface area (Å²) < 4.78 is 12.9. The lowest BCUT2D eigenvalue weighted by Crippen LogP contribution is -2.37. The van der Waals surface area contributed by atoms with Crippen LogP contribution in [0.1, 0.15) is 38.7 Å². The van der Waals surface area contributed by atoms with Crippen LogP contribution in [0.15, 0.2) is 24.3 Å². The van der Waals surface area contributed by atoms with E-state index in [-0.39, 0.29) is 23.7 Å². The van der Waals surface area contributed by atoms with Gasteiger partial charge in [-0.15, -0.1) is 0 Å². The Morgan fingerprint density at radius 1 is 1.35 bits per heavy atom. The maximum absolute atomic E-state index is 12.9. The van der Waals surface area contributed by atoms with Crippen molar-refractivity contribution in [3.63, 3.8) is 0 Å². The van der Waals surface area contributed by atoms with Crippen LogP contribution in [-0.2, 0) is 16.0 Å². The van der Waals surface area contributed by atoms with Crippen molar-refractivity contribution in [1.82, 2.24) is 10.2 Å². The summed E-state index contributed by atoms with van der Waals surface area (Å²) >= 11 is 0. The predicted octanol–water partition coefficient (Wildman–Crippen LogP) is 2.52. The number of likely N-dealkylation sites (tertiary alicyclic amines) is 1. The minimum Gasteiger partial charge on any atom is -0.351 e. The molecule has 1 saturated heterocycles. The first kappa shape index (κ1) is 17.4. The lowest BCUT2D eigenvalue weighted by molar-refractivity contribution is -0.127. The first-order chi connectivity index (χ1) is 10.9. The van der Waals surface area contributed by atoms with Crippen LogP contribution in [0, 0.1) is 11.7 Å². The van der Waals surface area contributed by atoms with Crippen LogP contribution in [0.25, 0.3) is 0 Å². The van der Waals surface area contributed by atoms with E-state index in [0.29, 0.717) is 38.3 Å². The Hall–Kier alpha value is -1.91. The van der Waals surface area contributed by atoms with Gasteiger partial charge >= 0.3 is 0 Å². The first-order valence-electron chi connectivity index (χ1n) is 8.25. The molecule has 5 heteroatoms. The van der Waals surface area contributed by atoms with Crippen molar-refractivity contribution >= 4 is 11.8 Å². The maximum Gasteiger partial charge on any atom is 0.224 e. The second kappa shape index (κ2) is 8.09. The van der Waals surface area contributed by atoms with Crippen molar-refractivity contribution in [1.29, 1.82) is 0 Å². The van der Waals surface area contributed by atoms with Crippen molar-refractivity contribution in [2.24, 2.45) is 5.92 Å². The molecule has 2 rings (SSSR count). The molecule has 1 N–H and O–H groups in total. The molecule has 1 fully saturated rings. The summed E-state index contributed by atoms with van der Waals surface area (Å²) in [7, 11) is 0. The van der Waals surface area contributed by atoms with Gasteiger partial charge < -0.3 is 10.2 Å². The van der Waals surface area contributed by atoms with Crippen molar-refractivity contribution in [2.75, 3.05) is 13.1 Å². The molecule has 126 valence electrons. The standard InChI is InChI=1S/C18H25FN2O2/c1-13(2)3-8-17(22)20-16-11-18(23)21(12-16)10-9-14-4-6-15(19)7-5-14/h4-7,13,16H,3,8-12H2,1-2H3,(H,20,22)/t16-/m1/s1. The molecule has 0 aromatic heterocycles. The highest BCUT2D eigenvalue weighted by Crippen LogP contribution is 2.13. The number of hydrogen-bond donors (Lipinski definition) is 1. The highest BCUT2D eigenvalue weighted by atomic mass is 19.1. The number of nitrogens with one attached hydrogen (secondary N) is 1. The van der Waals surface area contributed by atoms with Gasteiger partial charge in [0.25, 0.3) is 0 Å². The molecule has 1 aliphatic rings. The molecule has 1 aromatic rings. The number of halogens is 1. The van der Waals surface area contributed by atoms with Crippen molar-refractivity contribution < 1.29 is 14.0 Å². The van der Waals surface area contributed by atoms with Crippen molar-refractivity contribution in [2.45, 2.75) is 45.6 Å². The Morgan fingerprint density at radius 2 is 2.04 bits per heavy atom. The van der Waals surface area contributed by atoms with E-state index in [9.17, 15) is 14.0 Å². The number of carbonyl (C=O) groups is 2. The van der Waals surface area contributed by atoms with E-state index in [2.05, 4.69) is 19.2 Å². The van der Waals surface area contributed by atoms with Crippen LogP contribution < -0.4 is 5.32 Å². The van der Waals surface area contributed by atoms with E-state index in [4.69, 9.17) is 0 Å². The van der Waals surface area contributed by atoms with Gasteiger partial charge in [0.15, 0.2) is 0 Å². The van der Waals surface area contributed by atoms with Gasteiger partial charge in [-0.1, -0.05) is 26.0 Å². The summed E-state index contributed by atoms with van der Waals surface area (Å²) in [6.07, 6.45) is 2.44. The zero-order chi connectivity index (χ0) is 16.8.